The number of hydrogen-bond donors (Lipinski definition) is 1. The van der Waals surface area contributed by atoms with Crippen molar-refractivity contribution >= 4 is 29.4 Å². The van der Waals surface area contributed by atoms with Crippen molar-refractivity contribution in [2.24, 2.45) is 0 Å². The largest absolute Gasteiger partial charge is 0.349 e. The second kappa shape index (κ2) is 11.5. The number of thioether (sulfide) groups is 1. The first-order valence-electron chi connectivity index (χ1n) is 13.9. The zero-order valence-corrected chi connectivity index (χ0v) is 25.4. The van der Waals surface area contributed by atoms with E-state index in [1.807, 2.05) is 35.0 Å². The van der Waals surface area contributed by atoms with Gasteiger partial charge in [-0.05, 0) is 55.7 Å². The van der Waals surface area contributed by atoms with Gasteiger partial charge in [0.05, 0.1) is 34.6 Å². The summed E-state index contributed by atoms with van der Waals surface area (Å²) < 4.78 is 1.89. The molecule has 212 valence electrons. The lowest BCUT2D eigenvalue weighted by molar-refractivity contribution is -0.123. The number of fused-ring (bicyclic) bond motifs is 1. The summed E-state index contributed by atoms with van der Waals surface area (Å²) >= 11 is 1.60. The Labute approximate surface area is 246 Å². The fourth-order valence-electron chi connectivity index (χ4n) is 5.30. The molecule has 5 rings (SSSR count). The molecule has 0 spiro atoms. The third kappa shape index (κ3) is 5.93. The number of carbonyl (C=O) groups excluding carboxylic acids is 2. The Bertz CT molecular complexity index is 1590. The maximum absolute atomic E-state index is 13.9. The molecule has 0 aliphatic carbocycles. The summed E-state index contributed by atoms with van der Waals surface area (Å²) in [4.78, 5) is 33.2. The fraction of sp³-hybridized carbons (Fsp3) is 0.333. The van der Waals surface area contributed by atoms with E-state index < -0.39 is 0 Å². The molecule has 1 unspecified atom stereocenters. The van der Waals surface area contributed by atoms with E-state index >= 15 is 0 Å². The average Bonchev–Trinajstić information content (AvgIpc) is 3.26. The summed E-state index contributed by atoms with van der Waals surface area (Å²) in [6.07, 6.45) is 1.70. The molecule has 0 saturated heterocycles. The van der Waals surface area contributed by atoms with Crippen LogP contribution in [0.5, 0.6) is 0 Å². The van der Waals surface area contributed by atoms with Crippen LogP contribution in [0.3, 0.4) is 0 Å². The van der Waals surface area contributed by atoms with E-state index in [4.69, 9.17) is 5.10 Å². The molecule has 41 heavy (non-hydrogen) atoms. The van der Waals surface area contributed by atoms with Gasteiger partial charge in [-0.25, -0.2) is 4.68 Å². The summed E-state index contributed by atoms with van der Waals surface area (Å²) in [6.45, 7) is 12.9. The second-order valence-electron chi connectivity index (χ2n) is 11.7. The van der Waals surface area contributed by atoms with Gasteiger partial charge in [-0.3, -0.25) is 19.5 Å². The van der Waals surface area contributed by atoms with Crippen molar-refractivity contribution in [2.75, 3.05) is 17.2 Å². The highest BCUT2D eigenvalue weighted by Crippen LogP contribution is 2.49. The zero-order valence-electron chi connectivity index (χ0n) is 24.6. The summed E-state index contributed by atoms with van der Waals surface area (Å²) in [7, 11) is 0. The Balaban J connectivity index is 1.69. The van der Waals surface area contributed by atoms with Gasteiger partial charge in [0, 0.05) is 17.2 Å². The lowest BCUT2D eigenvalue weighted by Gasteiger charge is -2.25. The van der Waals surface area contributed by atoms with Crippen LogP contribution in [0.25, 0.3) is 5.69 Å². The third-order valence-corrected chi connectivity index (χ3v) is 8.58. The molecule has 0 fully saturated rings. The van der Waals surface area contributed by atoms with Crippen molar-refractivity contribution in [1.82, 2.24) is 20.1 Å². The van der Waals surface area contributed by atoms with Crippen molar-refractivity contribution in [3.05, 3.63) is 106 Å². The summed E-state index contributed by atoms with van der Waals surface area (Å²) in [5.41, 5.74) is 7.75. The lowest BCUT2D eigenvalue weighted by atomic mass is 9.86. The second-order valence-corrected chi connectivity index (χ2v) is 12.8. The molecule has 1 aliphatic rings. The van der Waals surface area contributed by atoms with E-state index in [9.17, 15) is 9.59 Å². The van der Waals surface area contributed by atoms with Gasteiger partial charge in [0.1, 0.15) is 12.4 Å². The minimum absolute atomic E-state index is 0.111. The Morgan fingerprint density at radius 1 is 1.02 bits per heavy atom. The molecule has 3 heterocycles. The maximum Gasteiger partial charge on any atom is 0.240 e. The van der Waals surface area contributed by atoms with Gasteiger partial charge in [-0.1, -0.05) is 68.8 Å². The number of anilines is 1. The number of amides is 2. The van der Waals surface area contributed by atoms with Gasteiger partial charge in [0.25, 0.3) is 0 Å². The minimum Gasteiger partial charge on any atom is -0.349 e. The molecular weight excluding hydrogens is 530 g/mol. The zero-order chi connectivity index (χ0) is 29.3. The molecule has 0 radical (unpaired) electrons. The standard InChI is InChI=1S/C33H37N5O2S/c1-21-14-15-26(23(3)17-21)38-32-29(31(36-38)33(4,5)6)30(25-13-8-7-11-22(25)2)41-20-28(40)37(32)19-27(39)35-18-24-12-9-10-16-34-24/h7-17,30H,18-20H2,1-6H3,(H,35,39). The van der Waals surface area contributed by atoms with Crippen LogP contribution in [0, 0.1) is 20.8 Å². The van der Waals surface area contributed by atoms with Crippen LogP contribution in [0.1, 0.15) is 65.2 Å². The molecule has 1 aliphatic heterocycles. The highest BCUT2D eigenvalue weighted by molar-refractivity contribution is 8.00. The Hall–Kier alpha value is -3.91. The van der Waals surface area contributed by atoms with E-state index in [2.05, 4.69) is 82.2 Å². The first-order chi connectivity index (χ1) is 19.5. The highest BCUT2D eigenvalue weighted by Gasteiger charge is 2.40. The molecule has 2 aromatic carbocycles. The van der Waals surface area contributed by atoms with E-state index in [0.717, 1.165) is 44.9 Å². The van der Waals surface area contributed by atoms with Crippen molar-refractivity contribution in [3.8, 4) is 5.69 Å². The Kier molecular flexibility index (Phi) is 8.04. The number of rotatable bonds is 6. The smallest absolute Gasteiger partial charge is 0.240 e. The van der Waals surface area contributed by atoms with Gasteiger partial charge < -0.3 is 5.32 Å². The number of nitrogens with zero attached hydrogens (tertiary/aromatic N) is 4. The Morgan fingerprint density at radius 3 is 2.46 bits per heavy atom. The van der Waals surface area contributed by atoms with Gasteiger partial charge in [0.15, 0.2) is 0 Å². The number of pyridine rings is 1. The third-order valence-electron chi connectivity index (χ3n) is 7.35. The van der Waals surface area contributed by atoms with Gasteiger partial charge in [-0.2, -0.15) is 5.10 Å². The highest BCUT2D eigenvalue weighted by atomic mass is 32.2. The van der Waals surface area contributed by atoms with Crippen LogP contribution in [0.15, 0.2) is 66.9 Å². The molecule has 1 N–H and O–H groups in total. The first kappa shape index (κ1) is 28.6. The molecular formula is C33H37N5O2S. The van der Waals surface area contributed by atoms with Crippen molar-refractivity contribution in [2.45, 2.75) is 58.8 Å². The van der Waals surface area contributed by atoms with Crippen molar-refractivity contribution < 1.29 is 9.59 Å². The van der Waals surface area contributed by atoms with Crippen LogP contribution in [-0.2, 0) is 21.5 Å². The molecule has 8 heteroatoms. The molecule has 2 aromatic heterocycles. The average molecular weight is 568 g/mol. The number of aromatic nitrogens is 3. The lowest BCUT2D eigenvalue weighted by Crippen LogP contribution is -2.42. The molecule has 0 bridgehead atoms. The number of aryl methyl sites for hydroxylation is 3. The first-order valence-corrected chi connectivity index (χ1v) is 14.9. The van der Waals surface area contributed by atoms with E-state index in [1.165, 1.54) is 0 Å². The summed E-state index contributed by atoms with van der Waals surface area (Å²) in [5, 5.41) is 8.06. The van der Waals surface area contributed by atoms with Crippen LogP contribution in [0.4, 0.5) is 5.82 Å². The van der Waals surface area contributed by atoms with Gasteiger partial charge in [0.2, 0.25) is 11.8 Å². The SMILES string of the molecule is Cc1ccc(-n2nc(C(C)(C)C)c3c2N(CC(=O)NCc2ccccn2)C(=O)CSC3c2ccccc2C)c(C)c1. The monoisotopic (exact) mass is 567 g/mol. The molecule has 2 amide bonds. The maximum atomic E-state index is 13.9. The molecule has 7 nitrogen and oxygen atoms in total. The van der Waals surface area contributed by atoms with Gasteiger partial charge >= 0.3 is 0 Å². The normalized spacial score (nSPS) is 15.4. The molecule has 1 atom stereocenters. The van der Waals surface area contributed by atoms with Crippen LogP contribution in [-0.4, -0.2) is 38.9 Å². The number of benzene rings is 2. The van der Waals surface area contributed by atoms with Gasteiger partial charge in [-0.15, -0.1) is 11.8 Å². The predicted octanol–water partition coefficient (Wildman–Crippen LogP) is 5.98. The van der Waals surface area contributed by atoms with Crippen molar-refractivity contribution in [3.63, 3.8) is 0 Å². The van der Waals surface area contributed by atoms with E-state index in [0.29, 0.717) is 12.4 Å². The predicted molar refractivity (Wildman–Crippen MR) is 166 cm³/mol. The van der Waals surface area contributed by atoms with Crippen LogP contribution >= 0.6 is 11.8 Å². The minimum atomic E-state index is -0.310. The topological polar surface area (TPSA) is 80.1 Å². The quantitative estimate of drug-likeness (QED) is 0.310. The molecule has 4 aromatic rings. The van der Waals surface area contributed by atoms with Crippen LogP contribution < -0.4 is 10.2 Å². The Morgan fingerprint density at radius 2 is 1.78 bits per heavy atom. The van der Waals surface area contributed by atoms with E-state index in [-0.39, 0.29) is 34.8 Å². The molecule has 0 saturated carbocycles. The fourth-order valence-corrected chi connectivity index (χ4v) is 6.59. The number of carbonyl (C=O) groups is 2. The summed E-state index contributed by atoms with van der Waals surface area (Å²) in [6, 6.07) is 20.1. The van der Waals surface area contributed by atoms with E-state index in [1.54, 1.807) is 22.9 Å². The number of hydrogen-bond acceptors (Lipinski definition) is 5. The van der Waals surface area contributed by atoms with Crippen molar-refractivity contribution in [1.29, 1.82) is 0 Å². The number of nitrogens with one attached hydrogen (secondary N) is 1. The summed E-state index contributed by atoms with van der Waals surface area (Å²) in [5.74, 6) is 0.544. The van der Waals surface area contributed by atoms with Crippen LogP contribution in [0.2, 0.25) is 0 Å².